The molecule has 0 aliphatic carbocycles. The standard InChI is InChI=1S/C16H17N3O2/c1-20-14-5-3-11(16(8-14)21-2)10-19-13-4-6-15(18)12(7-13)9-17/h3-8,19H,10,18H2,1-2H3. The predicted octanol–water partition coefficient (Wildman–Crippen LogP) is 2.77. The monoisotopic (exact) mass is 283 g/mol. The summed E-state index contributed by atoms with van der Waals surface area (Å²) < 4.78 is 10.5. The van der Waals surface area contributed by atoms with Crippen molar-refractivity contribution in [2.75, 3.05) is 25.3 Å². The lowest BCUT2D eigenvalue weighted by Gasteiger charge is -2.12. The van der Waals surface area contributed by atoms with Gasteiger partial charge >= 0.3 is 0 Å². The molecule has 5 nitrogen and oxygen atoms in total. The minimum atomic E-state index is 0.460. The van der Waals surface area contributed by atoms with Crippen LogP contribution >= 0.6 is 0 Å². The Kier molecular flexibility index (Phi) is 4.52. The molecule has 0 bridgehead atoms. The molecular weight excluding hydrogens is 266 g/mol. The summed E-state index contributed by atoms with van der Waals surface area (Å²) in [5, 5.41) is 12.2. The Bertz CT molecular complexity index is 678. The number of ether oxygens (including phenoxy) is 2. The summed E-state index contributed by atoms with van der Waals surface area (Å²) >= 11 is 0. The first-order chi connectivity index (χ1) is 10.2. The van der Waals surface area contributed by atoms with Crippen LogP contribution in [0.4, 0.5) is 11.4 Å². The molecule has 0 amide bonds. The quantitative estimate of drug-likeness (QED) is 0.825. The topological polar surface area (TPSA) is 80.3 Å². The second kappa shape index (κ2) is 6.53. The molecule has 0 aliphatic heterocycles. The summed E-state index contributed by atoms with van der Waals surface area (Å²) in [7, 11) is 3.24. The van der Waals surface area contributed by atoms with Crippen molar-refractivity contribution < 1.29 is 9.47 Å². The Labute approximate surface area is 123 Å². The van der Waals surface area contributed by atoms with E-state index in [1.165, 1.54) is 0 Å². The van der Waals surface area contributed by atoms with Gasteiger partial charge in [0.25, 0.3) is 0 Å². The summed E-state index contributed by atoms with van der Waals surface area (Å²) in [6.45, 7) is 0.571. The first kappa shape index (κ1) is 14.5. The van der Waals surface area contributed by atoms with Crippen LogP contribution in [0.5, 0.6) is 11.5 Å². The van der Waals surface area contributed by atoms with E-state index in [1.807, 2.05) is 24.3 Å². The van der Waals surface area contributed by atoms with Gasteiger partial charge in [0.15, 0.2) is 0 Å². The van der Waals surface area contributed by atoms with Gasteiger partial charge in [-0.15, -0.1) is 0 Å². The number of nitrogen functional groups attached to an aromatic ring is 1. The molecule has 2 aromatic rings. The van der Waals surface area contributed by atoms with E-state index in [9.17, 15) is 0 Å². The number of nitrogens with one attached hydrogen (secondary N) is 1. The van der Waals surface area contributed by atoms with Gasteiger partial charge in [0, 0.05) is 29.5 Å². The Morgan fingerprint density at radius 3 is 2.62 bits per heavy atom. The molecule has 2 aromatic carbocycles. The number of hydrogen-bond donors (Lipinski definition) is 2. The molecule has 5 heteroatoms. The lowest BCUT2D eigenvalue weighted by atomic mass is 10.1. The molecule has 0 heterocycles. The summed E-state index contributed by atoms with van der Waals surface area (Å²) in [5.74, 6) is 1.49. The highest BCUT2D eigenvalue weighted by atomic mass is 16.5. The van der Waals surface area contributed by atoms with Gasteiger partial charge in [0.2, 0.25) is 0 Å². The molecular formula is C16H17N3O2. The van der Waals surface area contributed by atoms with Crippen molar-refractivity contribution in [3.8, 4) is 17.6 Å². The lowest BCUT2D eigenvalue weighted by Crippen LogP contribution is -2.03. The molecule has 0 radical (unpaired) electrons. The zero-order chi connectivity index (χ0) is 15.2. The molecule has 0 fully saturated rings. The summed E-state index contributed by atoms with van der Waals surface area (Å²) in [5.41, 5.74) is 8.46. The molecule has 0 aromatic heterocycles. The van der Waals surface area contributed by atoms with Crippen LogP contribution in [0.2, 0.25) is 0 Å². The van der Waals surface area contributed by atoms with Crippen molar-refractivity contribution in [3.63, 3.8) is 0 Å². The van der Waals surface area contributed by atoms with Gasteiger partial charge in [0.05, 0.1) is 19.8 Å². The summed E-state index contributed by atoms with van der Waals surface area (Å²) in [6.07, 6.45) is 0. The first-order valence-electron chi connectivity index (χ1n) is 6.42. The van der Waals surface area contributed by atoms with Crippen molar-refractivity contribution in [2.45, 2.75) is 6.54 Å². The molecule has 108 valence electrons. The van der Waals surface area contributed by atoms with E-state index < -0.39 is 0 Å². The second-order valence-corrected chi connectivity index (χ2v) is 4.45. The summed E-state index contributed by atoms with van der Waals surface area (Å²) in [4.78, 5) is 0. The van der Waals surface area contributed by atoms with Gasteiger partial charge in [-0.1, -0.05) is 0 Å². The number of hydrogen-bond acceptors (Lipinski definition) is 5. The van der Waals surface area contributed by atoms with Gasteiger partial charge in [-0.3, -0.25) is 0 Å². The van der Waals surface area contributed by atoms with Crippen molar-refractivity contribution >= 4 is 11.4 Å². The Hall–Kier alpha value is -2.87. The van der Waals surface area contributed by atoms with E-state index in [-0.39, 0.29) is 0 Å². The van der Waals surface area contributed by atoms with Gasteiger partial charge in [-0.25, -0.2) is 0 Å². The number of methoxy groups -OCH3 is 2. The molecule has 2 rings (SSSR count). The fraction of sp³-hybridized carbons (Fsp3) is 0.188. The van der Waals surface area contributed by atoms with Gasteiger partial charge in [-0.2, -0.15) is 5.26 Å². The molecule has 0 aliphatic rings. The van der Waals surface area contributed by atoms with E-state index in [0.717, 1.165) is 22.7 Å². The van der Waals surface area contributed by atoms with Gasteiger partial charge < -0.3 is 20.5 Å². The number of benzene rings is 2. The van der Waals surface area contributed by atoms with Crippen LogP contribution in [-0.2, 0) is 6.54 Å². The van der Waals surface area contributed by atoms with Crippen LogP contribution in [0.25, 0.3) is 0 Å². The lowest BCUT2D eigenvalue weighted by molar-refractivity contribution is 0.391. The van der Waals surface area contributed by atoms with Crippen LogP contribution < -0.4 is 20.5 Å². The number of nitriles is 1. The maximum atomic E-state index is 8.98. The van der Waals surface area contributed by atoms with Crippen molar-refractivity contribution in [1.82, 2.24) is 0 Å². The fourth-order valence-electron chi connectivity index (χ4n) is 1.96. The van der Waals surface area contributed by atoms with E-state index in [1.54, 1.807) is 26.4 Å². The van der Waals surface area contributed by atoms with E-state index in [2.05, 4.69) is 11.4 Å². The molecule has 0 unspecified atom stereocenters. The van der Waals surface area contributed by atoms with Crippen LogP contribution in [0.3, 0.4) is 0 Å². The second-order valence-electron chi connectivity index (χ2n) is 4.45. The smallest absolute Gasteiger partial charge is 0.127 e. The van der Waals surface area contributed by atoms with Crippen molar-refractivity contribution in [1.29, 1.82) is 5.26 Å². The number of nitrogens with zero attached hydrogens (tertiary/aromatic N) is 1. The predicted molar refractivity (Wildman–Crippen MR) is 82.4 cm³/mol. The van der Waals surface area contributed by atoms with Crippen molar-refractivity contribution in [2.24, 2.45) is 0 Å². The van der Waals surface area contributed by atoms with Gasteiger partial charge in [0.1, 0.15) is 17.6 Å². The highest BCUT2D eigenvalue weighted by Gasteiger charge is 2.06. The Balaban J connectivity index is 2.15. The van der Waals surface area contributed by atoms with E-state index in [4.69, 9.17) is 20.5 Å². The van der Waals surface area contributed by atoms with Crippen LogP contribution in [0.1, 0.15) is 11.1 Å². The minimum Gasteiger partial charge on any atom is -0.497 e. The average molecular weight is 283 g/mol. The third kappa shape index (κ3) is 3.37. The summed E-state index contributed by atoms with van der Waals surface area (Å²) in [6, 6.07) is 13.0. The van der Waals surface area contributed by atoms with E-state index >= 15 is 0 Å². The third-order valence-electron chi connectivity index (χ3n) is 3.15. The maximum absolute atomic E-state index is 8.98. The number of rotatable bonds is 5. The first-order valence-corrected chi connectivity index (χ1v) is 6.42. The molecule has 0 spiro atoms. The van der Waals surface area contributed by atoms with Crippen LogP contribution in [0, 0.1) is 11.3 Å². The largest absolute Gasteiger partial charge is 0.497 e. The normalized spacial score (nSPS) is 9.76. The molecule has 3 N–H and O–H groups in total. The van der Waals surface area contributed by atoms with Crippen LogP contribution in [0.15, 0.2) is 36.4 Å². The molecule has 21 heavy (non-hydrogen) atoms. The third-order valence-corrected chi connectivity index (χ3v) is 3.15. The molecule has 0 saturated heterocycles. The number of anilines is 2. The average Bonchev–Trinajstić information content (AvgIpc) is 2.53. The van der Waals surface area contributed by atoms with Crippen LogP contribution in [-0.4, -0.2) is 14.2 Å². The zero-order valence-corrected chi connectivity index (χ0v) is 12.0. The minimum absolute atomic E-state index is 0.460. The fourth-order valence-corrected chi connectivity index (χ4v) is 1.96. The van der Waals surface area contributed by atoms with Crippen molar-refractivity contribution in [3.05, 3.63) is 47.5 Å². The Morgan fingerprint density at radius 2 is 1.95 bits per heavy atom. The highest BCUT2D eigenvalue weighted by molar-refractivity contribution is 5.62. The molecule has 0 saturated carbocycles. The Morgan fingerprint density at radius 1 is 1.14 bits per heavy atom. The number of nitrogens with two attached hydrogens (primary N) is 1. The maximum Gasteiger partial charge on any atom is 0.127 e. The molecule has 0 atom stereocenters. The SMILES string of the molecule is COc1ccc(CNc2ccc(N)c(C#N)c2)c(OC)c1. The highest BCUT2D eigenvalue weighted by Crippen LogP contribution is 2.25. The van der Waals surface area contributed by atoms with E-state index in [0.29, 0.717) is 17.8 Å². The van der Waals surface area contributed by atoms with Gasteiger partial charge in [-0.05, 0) is 30.3 Å². The zero-order valence-electron chi connectivity index (χ0n) is 12.0.